The summed E-state index contributed by atoms with van der Waals surface area (Å²) >= 11 is 0. The first kappa shape index (κ1) is 23.5. The number of nitrogens with one attached hydrogen (secondary N) is 2. The number of anilines is 1. The van der Waals surface area contributed by atoms with Crippen LogP contribution in [0.1, 0.15) is 29.6 Å². The van der Waals surface area contributed by atoms with Gasteiger partial charge in [0.25, 0.3) is 5.91 Å². The molecule has 2 fully saturated rings. The Morgan fingerprint density at radius 1 is 1.30 bits per heavy atom. The lowest BCUT2D eigenvalue weighted by molar-refractivity contribution is -0.140. The summed E-state index contributed by atoms with van der Waals surface area (Å²) in [5.41, 5.74) is 0.664. The van der Waals surface area contributed by atoms with Crippen LogP contribution in [0, 0.1) is 5.92 Å². The van der Waals surface area contributed by atoms with Gasteiger partial charge in [-0.05, 0) is 37.9 Å². The van der Waals surface area contributed by atoms with Crippen molar-refractivity contribution in [3.63, 3.8) is 0 Å². The number of fused-ring (bicyclic) bond motifs is 1. The van der Waals surface area contributed by atoms with E-state index in [1.54, 1.807) is 25.4 Å². The lowest BCUT2D eigenvalue weighted by atomic mass is 9.83. The normalized spacial score (nSPS) is 21.6. The zero-order chi connectivity index (χ0) is 17.8. The average molecular weight is 418 g/mol. The van der Waals surface area contributed by atoms with E-state index in [1.807, 2.05) is 16.8 Å². The molecule has 1 aromatic heterocycles. The zero-order valence-electron chi connectivity index (χ0n) is 15.8. The van der Waals surface area contributed by atoms with Gasteiger partial charge in [0.2, 0.25) is 5.91 Å². The van der Waals surface area contributed by atoms with Crippen LogP contribution in [0.25, 0.3) is 0 Å². The average Bonchev–Trinajstić information content (AvgIpc) is 2.66. The Labute approximate surface area is 173 Å². The minimum atomic E-state index is 0. The molecule has 3 heterocycles. The number of rotatable bonds is 5. The Hall–Kier alpha value is -1.57. The van der Waals surface area contributed by atoms with Crippen LogP contribution in [0.5, 0.6) is 0 Å². The summed E-state index contributed by atoms with van der Waals surface area (Å²) in [7, 11) is 3.70. The topological polar surface area (TPSA) is 77.6 Å². The molecule has 2 aliphatic rings. The van der Waals surface area contributed by atoms with E-state index in [2.05, 4.69) is 15.6 Å². The molecule has 2 saturated heterocycles. The lowest BCUT2D eigenvalue weighted by Gasteiger charge is -2.47. The molecule has 27 heavy (non-hydrogen) atoms. The van der Waals surface area contributed by atoms with Crippen LogP contribution >= 0.6 is 24.8 Å². The second-order valence-corrected chi connectivity index (χ2v) is 6.78. The van der Waals surface area contributed by atoms with Crippen molar-refractivity contribution < 1.29 is 9.59 Å². The summed E-state index contributed by atoms with van der Waals surface area (Å²) in [6, 6.07) is 3.82. The number of hydrogen-bond donors (Lipinski definition) is 2. The number of pyridine rings is 1. The molecule has 3 rings (SSSR count). The Morgan fingerprint density at radius 2 is 2.07 bits per heavy atom. The molecule has 2 amide bonds. The van der Waals surface area contributed by atoms with E-state index < -0.39 is 0 Å². The number of carbonyl (C=O) groups excluding carboxylic acids is 2. The SMILES string of the molecule is CNCCN1C(=O)CC[C@H]2CN(C(=O)c3ccnc(NC)c3)CC[C@H]21.Cl.Cl. The lowest BCUT2D eigenvalue weighted by Crippen LogP contribution is -2.57. The van der Waals surface area contributed by atoms with Gasteiger partial charge in [0, 0.05) is 57.4 Å². The van der Waals surface area contributed by atoms with Crippen molar-refractivity contribution >= 4 is 42.4 Å². The van der Waals surface area contributed by atoms with E-state index in [0.717, 1.165) is 32.5 Å². The molecule has 9 heteroatoms. The molecule has 152 valence electrons. The quantitative estimate of drug-likeness (QED) is 0.761. The monoisotopic (exact) mass is 417 g/mol. The molecular formula is C18H29Cl2N5O2. The summed E-state index contributed by atoms with van der Waals surface area (Å²) in [5.74, 6) is 1.38. The minimum Gasteiger partial charge on any atom is -0.373 e. The molecule has 2 N–H and O–H groups in total. The highest BCUT2D eigenvalue weighted by atomic mass is 35.5. The zero-order valence-corrected chi connectivity index (χ0v) is 17.4. The first-order valence-electron chi connectivity index (χ1n) is 9.01. The minimum absolute atomic E-state index is 0. The fourth-order valence-corrected chi connectivity index (χ4v) is 3.94. The highest BCUT2D eigenvalue weighted by Gasteiger charge is 2.40. The van der Waals surface area contributed by atoms with E-state index in [9.17, 15) is 9.59 Å². The van der Waals surface area contributed by atoms with Crippen LogP contribution in [0.2, 0.25) is 0 Å². The van der Waals surface area contributed by atoms with E-state index in [1.165, 1.54) is 0 Å². The number of nitrogens with zero attached hydrogens (tertiary/aromatic N) is 3. The molecule has 2 atom stereocenters. The van der Waals surface area contributed by atoms with E-state index in [0.29, 0.717) is 30.3 Å². The number of hydrogen-bond acceptors (Lipinski definition) is 5. The maximum Gasteiger partial charge on any atom is 0.254 e. The second-order valence-electron chi connectivity index (χ2n) is 6.78. The standard InChI is InChI=1S/C18H27N5O2.2ClH/c1-19-8-10-23-15-6-9-22(12-14(15)3-4-17(23)24)18(25)13-5-7-21-16(11-13)20-2;;/h5,7,11,14-15,19H,3-4,6,8-10,12H2,1-2H3,(H,20,21);2*1H/t14-,15+;;/m0../s1. The molecule has 0 spiro atoms. The fraction of sp³-hybridized carbons (Fsp3) is 0.611. The predicted octanol–water partition coefficient (Wildman–Crippen LogP) is 1.64. The van der Waals surface area contributed by atoms with E-state index >= 15 is 0 Å². The summed E-state index contributed by atoms with van der Waals surface area (Å²) < 4.78 is 0. The van der Waals surface area contributed by atoms with Gasteiger partial charge in [-0.1, -0.05) is 0 Å². The van der Waals surface area contributed by atoms with Crippen molar-refractivity contribution in [2.24, 2.45) is 5.92 Å². The van der Waals surface area contributed by atoms with Crippen LogP contribution in [-0.2, 0) is 4.79 Å². The molecule has 0 aliphatic carbocycles. The number of likely N-dealkylation sites (N-methyl/N-ethyl adjacent to an activating group) is 1. The van der Waals surface area contributed by atoms with Gasteiger partial charge in [0.15, 0.2) is 0 Å². The maximum absolute atomic E-state index is 12.8. The third-order valence-electron chi connectivity index (χ3n) is 5.30. The van der Waals surface area contributed by atoms with Crippen LogP contribution in [0.15, 0.2) is 18.3 Å². The Balaban J connectivity index is 0.00000182. The van der Waals surface area contributed by atoms with Crippen LogP contribution in [0.4, 0.5) is 5.82 Å². The van der Waals surface area contributed by atoms with E-state index in [-0.39, 0.29) is 42.7 Å². The van der Waals surface area contributed by atoms with Gasteiger partial charge in [-0.3, -0.25) is 9.59 Å². The Bertz CT molecular complexity index is 646. The van der Waals surface area contributed by atoms with Crippen LogP contribution in [-0.4, -0.2) is 72.9 Å². The molecule has 0 saturated carbocycles. The van der Waals surface area contributed by atoms with Crippen LogP contribution in [0.3, 0.4) is 0 Å². The summed E-state index contributed by atoms with van der Waals surface area (Å²) in [4.78, 5) is 33.2. The largest absolute Gasteiger partial charge is 0.373 e. The molecular weight excluding hydrogens is 389 g/mol. The molecule has 0 bridgehead atoms. The maximum atomic E-state index is 12.8. The van der Waals surface area contributed by atoms with Gasteiger partial charge in [0.1, 0.15) is 5.82 Å². The summed E-state index contributed by atoms with van der Waals surface area (Å²) in [6.07, 6.45) is 3.98. The van der Waals surface area contributed by atoms with Crippen LogP contribution < -0.4 is 10.6 Å². The Morgan fingerprint density at radius 3 is 2.78 bits per heavy atom. The Kier molecular flexibility index (Phi) is 9.29. The molecule has 0 unspecified atom stereocenters. The predicted molar refractivity (Wildman–Crippen MR) is 111 cm³/mol. The summed E-state index contributed by atoms with van der Waals surface area (Å²) in [5, 5.41) is 6.09. The van der Waals surface area contributed by atoms with Crippen molar-refractivity contribution in [3.05, 3.63) is 23.9 Å². The molecule has 2 aliphatic heterocycles. The summed E-state index contributed by atoms with van der Waals surface area (Å²) in [6.45, 7) is 2.98. The fourth-order valence-electron chi connectivity index (χ4n) is 3.94. The second kappa shape index (κ2) is 10.7. The first-order chi connectivity index (χ1) is 12.1. The third kappa shape index (κ3) is 5.24. The van der Waals surface area contributed by atoms with Crippen molar-refractivity contribution in [2.75, 3.05) is 45.6 Å². The van der Waals surface area contributed by atoms with Gasteiger partial charge < -0.3 is 20.4 Å². The van der Waals surface area contributed by atoms with Gasteiger partial charge in [-0.2, -0.15) is 0 Å². The number of aromatic nitrogens is 1. The number of piperidine rings is 2. The van der Waals surface area contributed by atoms with Crippen molar-refractivity contribution in [3.8, 4) is 0 Å². The van der Waals surface area contributed by atoms with E-state index in [4.69, 9.17) is 0 Å². The highest BCUT2D eigenvalue weighted by Crippen LogP contribution is 2.31. The van der Waals surface area contributed by atoms with Gasteiger partial charge >= 0.3 is 0 Å². The van der Waals surface area contributed by atoms with Gasteiger partial charge in [0.05, 0.1) is 0 Å². The number of halogens is 2. The number of likely N-dealkylation sites (tertiary alicyclic amines) is 2. The third-order valence-corrected chi connectivity index (χ3v) is 5.30. The van der Waals surface area contributed by atoms with Crippen molar-refractivity contribution in [1.29, 1.82) is 0 Å². The van der Waals surface area contributed by atoms with Crippen molar-refractivity contribution in [2.45, 2.75) is 25.3 Å². The smallest absolute Gasteiger partial charge is 0.254 e. The first-order valence-corrected chi connectivity index (χ1v) is 9.01. The molecule has 7 nitrogen and oxygen atoms in total. The number of amides is 2. The number of carbonyl (C=O) groups is 2. The van der Waals surface area contributed by atoms with Gasteiger partial charge in [-0.15, -0.1) is 24.8 Å². The van der Waals surface area contributed by atoms with Crippen molar-refractivity contribution in [1.82, 2.24) is 20.1 Å². The molecule has 0 aromatic carbocycles. The van der Waals surface area contributed by atoms with Gasteiger partial charge in [-0.25, -0.2) is 4.98 Å². The highest BCUT2D eigenvalue weighted by molar-refractivity contribution is 5.95. The molecule has 0 radical (unpaired) electrons. The molecule has 1 aromatic rings.